The topological polar surface area (TPSA) is 85.2 Å². The first kappa shape index (κ1) is 16.9. The van der Waals surface area contributed by atoms with Gasteiger partial charge in [-0.25, -0.2) is 0 Å². The number of carbonyl (C=O) groups is 1. The molecule has 1 aromatic heterocycles. The molecular weight excluding hydrogens is 280 g/mol. The molecule has 1 atom stereocenters. The van der Waals surface area contributed by atoms with Gasteiger partial charge in [-0.15, -0.1) is 12.4 Å². The summed E-state index contributed by atoms with van der Waals surface area (Å²) < 4.78 is 4.97. The number of nitrogens with two attached hydrogens (primary N) is 1. The summed E-state index contributed by atoms with van der Waals surface area (Å²) in [4.78, 5) is 18.3. The number of aryl methyl sites for hydroxylation is 1. The number of hydrogen-bond donors (Lipinski definition) is 1. The van der Waals surface area contributed by atoms with Gasteiger partial charge in [0.1, 0.15) is 0 Å². The molecule has 0 radical (unpaired) electrons. The Bertz CT molecular complexity index is 455. The summed E-state index contributed by atoms with van der Waals surface area (Å²) in [5.74, 6) is 1.71. The van der Waals surface area contributed by atoms with Gasteiger partial charge in [0, 0.05) is 26.4 Å². The van der Waals surface area contributed by atoms with E-state index in [9.17, 15) is 4.79 Å². The molecule has 20 heavy (non-hydrogen) atoms. The second kappa shape index (κ2) is 6.54. The molecule has 1 unspecified atom stereocenters. The summed E-state index contributed by atoms with van der Waals surface area (Å²) in [7, 11) is 0. The maximum Gasteiger partial charge on any atom is 0.242 e. The Kier molecular flexibility index (Phi) is 5.53. The minimum Gasteiger partial charge on any atom is -0.341 e. The summed E-state index contributed by atoms with van der Waals surface area (Å²) in [6.07, 6.45) is 2.85. The van der Waals surface area contributed by atoms with E-state index in [-0.39, 0.29) is 18.3 Å². The van der Waals surface area contributed by atoms with Crippen molar-refractivity contribution in [2.45, 2.75) is 45.6 Å². The van der Waals surface area contributed by atoms with Crippen LogP contribution >= 0.6 is 12.4 Å². The zero-order valence-corrected chi connectivity index (χ0v) is 13.1. The van der Waals surface area contributed by atoms with E-state index >= 15 is 0 Å². The molecular formula is C13H23ClN4O2. The van der Waals surface area contributed by atoms with Gasteiger partial charge in [0.25, 0.3) is 0 Å². The lowest BCUT2D eigenvalue weighted by atomic mass is 9.93. The zero-order valence-electron chi connectivity index (χ0n) is 12.3. The van der Waals surface area contributed by atoms with Gasteiger partial charge in [0.2, 0.25) is 11.8 Å². The molecule has 0 aliphatic carbocycles. The number of rotatable bonds is 3. The Hall–Kier alpha value is -1.14. The molecule has 2 N–H and O–H groups in total. The first-order valence-corrected chi connectivity index (χ1v) is 6.73. The number of nitrogens with zero attached hydrogens (tertiary/aromatic N) is 3. The molecule has 0 bridgehead atoms. The van der Waals surface area contributed by atoms with Crippen molar-refractivity contribution in [1.29, 1.82) is 0 Å². The normalized spacial score (nSPS) is 19.6. The first-order valence-electron chi connectivity index (χ1n) is 6.73. The third-order valence-corrected chi connectivity index (χ3v) is 3.40. The van der Waals surface area contributed by atoms with E-state index in [1.165, 1.54) is 0 Å². The number of hydrogen-bond acceptors (Lipinski definition) is 5. The third kappa shape index (κ3) is 4.18. The van der Waals surface area contributed by atoms with Gasteiger partial charge in [-0.3, -0.25) is 4.79 Å². The fourth-order valence-corrected chi connectivity index (χ4v) is 2.51. The van der Waals surface area contributed by atoms with E-state index in [1.807, 2.05) is 4.90 Å². The lowest BCUT2D eigenvalue weighted by Crippen LogP contribution is -2.53. The van der Waals surface area contributed by atoms with Gasteiger partial charge in [-0.05, 0) is 32.6 Å². The number of halogens is 1. The highest BCUT2D eigenvalue weighted by molar-refractivity contribution is 5.85. The molecule has 1 aliphatic heterocycles. The van der Waals surface area contributed by atoms with E-state index in [1.54, 1.807) is 20.8 Å². The van der Waals surface area contributed by atoms with Crippen molar-refractivity contribution in [3.63, 3.8) is 0 Å². The second-order valence-electron chi connectivity index (χ2n) is 5.91. The largest absolute Gasteiger partial charge is 0.341 e. The molecule has 7 heteroatoms. The Morgan fingerprint density at radius 3 is 2.80 bits per heavy atom. The molecule has 2 rings (SSSR count). The van der Waals surface area contributed by atoms with E-state index in [0.717, 1.165) is 38.2 Å². The summed E-state index contributed by atoms with van der Waals surface area (Å²) >= 11 is 0. The summed E-state index contributed by atoms with van der Waals surface area (Å²) in [6.45, 7) is 6.81. The molecule has 1 fully saturated rings. The van der Waals surface area contributed by atoms with Crippen molar-refractivity contribution in [2.24, 2.45) is 11.7 Å². The molecule has 1 aliphatic rings. The number of likely N-dealkylation sites (tertiary alicyclic amines) is 1. The standard InChI is InChI=1S/C13H22N4O2.ClH/c1-9-15-11(16-19-9)7-10-5-4-6-17(8-10)12(18)13(2,3)14;/h10H,4-8,14H2,1-3H3;1H. The van der Waals surface area contributed by atoms with Crippen LogP contribution < -0.4 is 5.73 Å². The fourth-order valence-electron chi connectivity index (χ4n) is 2.51. The van der Waals surface area contributed by atoms with Crippen LogP contribution in [0, 0.1) is 12.8 Å². The lowest BCUT2D eigenvalue weighted by molar-refractivity contribution is -0.137. The van der Waals surface area contributed by atoms with Crippen LogP contribution in [0.15, 0.2) is 4.52 Å². The molecule has 0 spiro atoms. The van der Waals surface area contributed by atoms with E-state index in [2.05, 4.69) is 10.1 Å². The van der Waals surface area contributed by atoms with Gasteiger partial charge in [0.05, 0.1) is 5.54 Å². The monoisotopic (exact) mass is 302 g/mol. The van der Waals surface area contributed by atoms with Crippen LogP contribution in [0.1, 0.15) is 38.4 Å². The highest BCUT2D eigenvalue weighted by Crippen LogP contribution is 2.21. The van der Waals surface area contributed by atoms with Crippen molar-refractivity contribution < 1.29 is 9.32 Å². The zero-order chi connectivity index (χ0) is 14.0. The predicted molar refractivity (Wildman–Crippen MR) is 77.6 cm³/mol. The van der Waals surface area contributed by atoms with Gasteiger partial charge < -0.3 is 15.2 Å². The Balaban J connectivity index is 0.00000200. The Labute approximate surface area is 125 Å². The SMILES string of the molecule is Cc1nc(CC2CCCN(C(=O)C(C)(C)N)C2)no1.Cl. The quantitative estimate of drug-likeness (QED) is 0.910. The van der Waals surface area contributed by atoms with Crippen molar-refractivity contribution >= 4 is 18.3 Å². The van der Waals surface area contributed by atoms with E-state index < -0.39 is 5.54 Å². The molecule has 1 aromatic rings. The second-order valence-corrected chi connectivity index (χ2v) is 5.91. The van der Waals surface area contributed by atoms with Crippen LogP contribution in [-0.4, -0.2) is 39.6 Å². The number of amides is 1. The molecule has 2 heterocycles. The van der Waals surface area contributed by atoms with Crippen molar-refractivity contribution in [1.82, 2.24) is 15.0 Å². The Morgan fingerprint density at radius 1 is 1.55 bits per heavy atom. The molecule has 0 aromatic carbocycles. The Morgan fingerprint density at radius 2 is 2.25 bits per heavy atom. The highest BCUT2D eigenvalue weighted by Gasteiger charge is 2.31. The van der Waals surface area contributed by atoms with E-state index in [0.29, 0.717) is 11.8 Å². The van der Waals surface area contributed by atoms with Gasteiger partial charge in [-0.1, -0.05) is 5.16 Å². The van der Waals surface area contributed by atoms with Crippen LogP contribution in [0.3, 0.4) is 0 Å². The predicted octanol–water partition coefficient (Wildman–Crippen LogP) is 1.32. The third-order valence-electron chi connectivity index (χ3n) is 3.40. The summed E-state index contributed by atoms with van der Waals surface area (Å²) in [6, 6.07) is 0. The number of carbonyl (C=O) groups excluding carboxylic acids is 1. The smallest absolute Gasteiger partial charge is 0.242 e. The van der Waals surface area contributed by atoms with Gasteiger partial charge in [-0.2, -0.15) is 4.98 Å². The maximum absolute atomic E-state index is 12.2. The average molecular weight is 303 g/mol. The van der Waals surface area contributed by atoms with Crippen LogP contribution in [0.5, 0.6) is 0 Å². The maximum atomic E-state index is 12.2. The molecule has 6 nitrogen and oxygen atoms in total. The van der Waals surface area contributed by atoms with Crippen LogP contribution in [0.2, 0.25) is 0 Å². The first-order chi connectivity index (χ1) is 8.86. The minimum absolute atomic E-state index is 0. The van der Waals surface area contributed by atoms with Crippen LogP contribution in [0.4, 0.5) is 0 Å². The van der Waals surface area contributed by atoms with Crippen molar-refractivity contribution in [3.8, 4) is 0 Å². The number of piperidine rings is 1. The van der Waals surface area contributed by atoms with Crippen LogP contribution in [-0.2, 0) is 11.2 Å². The van der Waals surface area contributed by atoms with Crippen LogP contribution in [0.25, 0.3) is 0 Å². The molecule has 114 valence electrons. The number of aromatic nitrogens is 2. The fraction of sp³-hybridized carbons (Fsp3) is 0.769. The average Bonchev–Trinajstić information content (AvgIpc) is 2.73. The molecule has 1 amide bonds. The summed E-state index contributed by atoms with van der Waals surface area (Å²) in [5.41, 5.74) is 5.08. The lowest BCUT2D eigenvalue weighted by Gasteiger charge is -2.36. The summed E-state index contributed by atoms with van der Waals surface area (Å²) in [5, 5.41) is 3.91. The minimum atomic E-state index is -0.801. The molecule has 0 saturated carbocycles. The van der Waals surface area contributed by atoms with Crippen molar-refractivity contribution in [3.05, 3.63) is 11.7 Å². The van der Waals surface area contributed by atoms with E-state index in [4.69, 9.17) is 10.3 Å². The van der Waals surface area contributed by atoms with Gasteiger partial charge in [0.15, 0.2) is 5.82 Å². The van der Waals surface area contributed by atoms with Gasteiger partial charge >= 0.3 is 0 Å². The van der Waals surface area contributed by atoms with Crippen molar-refractivity contribution in [2.75, 3.05) is 13.1 Å². The highest BCUT2D eigenvalue weighted by atomic mass is 35.5. The molecule has 1 saturated heterocycles.